The maximum Gasteiger partial charge on any atom is 0.410 e. The Kier molecular flexibility index (Phi) is 6.38. The third-order valence-corrected chi connectivity index (χ3v) is 4.79. The normalized spacial score (nSPS) is 14.1. The van der Waals surface area contributed by atoms with Crippen LogP contribution in [-0.4, -0.2) is 34.7 Å². The van der Waals surface area contributed by atoms with Crippen LogP contribution in [0.2, 0.25) is 0 Å². The average molecular weight is 393 g/mol. The number of aromatic nitrogens is 1. The van der Waals surface area contributed by atoms with Gasteiger partial charge >= 0.3 is 6.09 Å². The van der Waals surface area contributed by atoms with Gasteiger partial charge in [-0.05, 0) is 56.7 Å². The lowest BCUT2D eigenvalue weighted by molar-refractivity contribution is -0.00203. The van der Waals surface area contributed by atoms with Crippen molar-refractivity contribution in [1.82, 2.24) is 9.88 Å². The Morgan fingerprint density at radius 2 is 1.93 bits per heavy atom. The lowest BCUT2D eigenvalue weighted by atomic mass is 9.91. The van der Waals surface area contributed by atoms with Gasteiger partial charge in [-0.25, -0.2) is 9.78 Å². The minimum Gasteiger partial charge on any atom is -0.473 e. The molecule has 0 radical (unpaired) electrons. The lowest BCUT2D eigenvalue weighted by Crippen LogP contribution is -2.51. The van der Waals surface area contributed by atoms with Crippen molar-refractivity contribution in [3.05, 3.63) is 59.3 Å². The molecule has 1 aliphatic rings. The van der Waals surface area contributed by atoms with Crippen molar-refractivity contribution >= 4 is 6.09 Å². The lowest BCUT2D eigenvalue weighted by Gasteiger charge is -2.40. The Labute approximate surface area is 172 Å². The molecule has 2 heterocycles. The second kappa shape index (κ2) is 8.95. The smallest absolute Gasteiger partial charge is 0.410 e. The molecule has 0 unspecified atom stereocenters. The Morgan fingerprint density at radius 1 is 1.21 bits per heavy atom. The van der Waals surface area contributed by atoms with Crippen LogP contribution in [0.4, 0.5) is 4.79 Å². The van der Waals surface area contributed by atoms with Crippen molar-refractivity contribution in [3.8, 4) is 11.9 Å². The minimum atomic E-state index is -0.453. The van der Waals surface area contributed by atoms with Crippen LogP contribution >= 0.6 is 0 Å². The van der Waals surface area contributed by atoms with Crippen LogP contribution in [0.25, 0.3) is 0 Å². The van der Waals surface area contributed by atoms with Crippen LogP contribution in [0.1, 0.15) is 43.9 Å². The van der Waals surface area contributed by atoms with Crippen LogP contribution in [0.5, 0.6) is 5.88 Å². The van der Waals surface area contributed by atoms with Crippen LogP contribution < -0.4 is 4.74 Å². The number of pyridine rings is 1. The van der Waals surface area contributed by atoms with Gasteiger partial charge in [0.1, 0.15) is 18.3 Å². The molecule has 6 heteroatoms. The fraction of sp³-hybridized carbons (Fsp3) is 0.435. The average Bonchev–Trinajstić information content (AvgIpc) is 2.65. The van der Waals surface area contributed by atoms with Crippen molar-refractivity contribution in [3.63, 3.8) is 0 Å². The molecular formula is C23H27N3O3. The molecule has 1 aromatic carbocycles. The summed E-state index contributed by atoms with van der Waals surface area (Å²) in [5.41, 5.74) is 2.43. The third-order valence-electron chi connectivity index (χ3n) is 4.79. The number of rotatable bonds is 6. The summed E-state index contributed by atoms with van der Waals surface area (Å²) in [6.07, 6.45) is 3.24. The number of hydrogen-bond donors (Lipinski definition) is 0. The predicted molar refractivity (Wildman–Crippen MR) is 109 cm³/mol. The summed E-state index contributed by atoms with van der Waals surface area (Å²) < 4.78 is 11.2. The molecule has 6 nitrogen and oxygen atoms in total. The maximum atomic E-state index is 12.0. The molecule has 1 saturated heterocycles. The molecule has 1 amide bonds. The van der Waals surface area contributed by atoms with E-state index in [0.717, 1.165) is 31.5 Å². The summed E-state index contributed by atoms with van der Waals surface area (Å²) in [4.78, 5) is 18.0. The van der Waals surface area contributed by atoms with Gasteiger partial charge < -0.3 is 14.4 Å². The van der Waals surface area contributed by atoms with Crippen molar-refractivity contribution < 1.29 is 14.3 Å². The number of nitriles is 1. The predicted octanol–water partition coefficient (Wildman–Crippen LogP) is 4.33. The van der Waals surface area contributed by atoms with Crippen LogP contribution in [0.15, 0.2) is 42.6 Å². The molecule has 1 fully saturated rings. The van der Waals surface area contributed by atoms with E-state index in [1.807, 2.05) is 39.0 Å². The van der Waals surface area contributed by atoms with Gasteiger partial charge in [-0.15, -0.1) is 0 Å². The highest BCUT2D eigenvalue weighted by Gasteiger charge is 2.33. The van der Waals surface area contributed by atoms with E-state index in [4.69, 9.17) is 14.7 Å². The van der Waals surface area contributed by atoms with Gasteiger partial charge in [0.05, 0.1) is 5.56 Å². The van der Waals surface area contributed by atoms with Crippen LogP contribution in [-0.2, 0) is 17.8 Å². The zero-order valence-electron chi connectivity index (χ0n) is 17.2. The highest BCUT2D eigenvalue weighted by molar-refractivity contribution is 5.69. The summed E-state index contributed by atoms with van der Waals surface area (Å²) in [6.45, 7) is 7.59. The van der Waals surface area contributed by atoms with E-state index >= 15 is 0 Å². The zero-order valence-corrected chi connectivity index (χ0v) is 17.2. The second-order valence-electron chi connectivity index (χ2n) is 8.34. The molecule has 2 aromatic rings. The second-order valence-corrected chi connectivity index (χ2v) is 8.34. The first kappa shape index (κ1) is 20.7. The molecule has 0 bridgehead atoms. The summed E-state index contributed by atoms with van der Waals surface area (Å²) in [7, 11) is 0. The highest BCUT2D eigenvalue weighted by atomic mass is 16.6. The monoisotopic (exact) mass is 393 g/mol. The van der Waals surface area contributed by atoms with Crippen LogP contribution in [0, 0.1) is 17.2 Å². The van der Waals surface area contributed by atoms with Gasteiger partial charge in [0.2, 0.25) is 5.88 Å². The molecule has 1 aromatic heterocycles. The van der Waals surface area contributed by atoms with Crippen molar-refractivity contribution in [2.45, 2.75) is 45.8 Å². The Morgan fingerprint density at radius 3 is 2.55 bits per heavy atom. The van der Waals surface area contributed by atoms with Gasteiger partial charge in [0, 0.05) is 25.4 Å². The number of nitrogens with zero attached hydrogens (tertiary/aromatic N) is 3. The standard InChI is InChI=1S/C23H27N3O3/c1-23(2,3)29-22(27)26-14-18(15-26)8-10-19-6-4-5-7-20(19)16-28-21-11-9-17(12-24)13-25-21/h4-7,9,11,13,18H,8,10,14-16H2,1-3H3. The van der Waals surface area contributed by atoms with Gasteiger partial charge in [-0.2, -0.15) is 5.26 Å². The highest BCUT2D eigenvalue weighted by Crippen LogP contribution is 2.24. The number of carbonyl (C=O) groups is 1. The summed E-state index contributed by atoms with van der Waals surface area (Å²) in [5, 5.41) is 8.84. The fourth-order valence-corrected chi connectivity index (χ4v) is 3.21. The third kappa shape index (κ3) is 5.95. The number of likely N-dealkylation sites (tertiary alicyclic amines) is 1. The Hall–Kier alpha value is -3.07. The summed E-state index contributed by atoms with van der Waals surface area (Å²) >= 11 is 0. The molecule has 0 N–H and O–H groups in total. The Bertz CT molecular complexity index is 875. The first-order chi connectivity index (χ1) is 13.8. The topological polar surface area (TPSA) is 75.4 Å². The Balaban J connectivity index is 1.47. The first-order valence-electron chi connectivity index (χ1n) is 9.88. The molecule has 0 atom stereocenters. The van der Waals surface area contributed by atoms with E-state index in [-0.39, 0.29) is 6.09 Å². The minimum absolute atomic E-state index is 0.225. The molecular weight excluding hydrogens is 366 g/mol. The van der Waals surface area contributed by atoms with E-state index in [1.165, 1.54) is 11.8 Å². The molecule has 1 aliphatic heterocycles. The van der Waals surface area contributed by atoms with Crippen molar-refractivity contribution in [2.75, 3.05) is 13.1 Å². The van der Waals surface area contributed by atoms with Crippen LogP contribution in [0.3, 0.4) is 0 Å². The van der Waals surface area contributed by atoms with Gasteiger partial charge in [-0.3, -0.25) is 0 Å². The quantitative estimate of drug-likeness (QED) is 0.730. The molecule has 3 rings (SSSR count). The zero-order chi connectivity index (χ0) is 20.9. The van der Waals surface area contributed by atoms with E-state index in [1.54, 1.807) is 17.0 Å². The van der Waals surface area contributed by atoms with E-state index < -0.39 is 5.60 Å². The number of benzene rings is 1. The molecule has 0 aliphatic carbocycles. The molecule has 0 spiro atoms. The number of ether oxygens (including phenoxy) is 2. The summed E-state index contributed by atoms with van der Waals surface area (Å²) in [6, 6.07) is 13.7. The number of aryl methyl sites for hydroxylation is 1. The number of hydrogen-bond acceptors (Lipinski definition) is 5. The molecule has 29 heavy (non-hydrogen) atoms. The fourth-order valence-electron chi connectivity index (χ4n) is 3.21. The summed E-state index contributed by atoms with van der Waals surface area (Å²) in [5.74, 6) is 1.00. The number of amides is 1. The maximum absolute atomic E-state index is 12.0. The van der Waals surface area contributed by atoms with Crippen molar-refractivity contribution in [2.24, 2.45) is 5.92 Å². The van der Waals surface area contributed by atoms with E-state index in [0.29, 0.717) is 24.0 Å². The van der Waals surface area contributed by atoms with Gasteiger partial charge in [-0.1, -0.05) is 24.3 Å². The number of carbonyl (C=O) groups excluding carboxylic acids is 1. The molecule has 152 valence electrons. The first-order valence-corrected chi connectivity index (χ1v) is 9.88. The van der Waals surface area contributed by atoms with E-state index in [2.05, 4.69) is 17.1 Å². The largest absolute Gasteiger partial charge is 0.473 e. The van der Waals surface area contributed by atoms with Gasteiger partial charge in [0.25, 0.3) is 0 Å². The van der Waals surface area contributed by atoms with Gasteiger partial charge in [0.15, 0.2) is 0 Å². The SMILES string of the molecule is CC(C)(C)OC(=O)N1CC(CCc2ccccc2COc2ccc(C#N)cn2)C1. The molecule has 0 saturated carbocycles. The van der Waals surface area contributed by atoms with Crippen molar-refractivity contribution in [1.29, 1.82) is 5.26 Å². The van der Waals surface area contributed by atoms with E-state index in [9.17, 15) is 4.79 Å².